The summed E-state index contributed by atoms with van der Waals surface area (Å²) in [6.45, 7) is 4.74. The van der Waals surface area contributed by atoms with E-state index >= 15 is 0 Å². The highest BCUT2D eigenvalue weighted by Crippen LogP contribution is 2.52. The molecule has 0 spiro atoms. The maximum Gasteiger partial charge on any atom is 0.136 e. The van der Waals surface area contributed by atoms with E-state index in [4.69, 9.17) is 4.42 Å². The molecule has 2 nitrogen and oxygen atoms in total. The van der Waals surface area contributed by atoms with Crippen LogP contribution in [0, 0.1) is 0 Å². The van der Waals surface area contributed by atoms with Crippen LogP contribution in [0.1, 0.15) is 25.0 Å². The first-order valence-corrected chi connectivity index (χ1v) is 21.8. The lowest BCUT2D eigenvalue weighted by Crippen LogP contribution is -2.16. The number of furan rings is 1. The lowest BCUT2D eigenvalue weighted by Gasteiger charge is -2.28. The molecule has 0 saturated heterocycles. The summed E-state index contributed by atoms with van der Waals surface area (Å²) in [5.74, 6) is 0. The Hall–Kier alpha value is -7.94. The van der Waals surface area contributed by atoms with Crippen molar-refractivity contribution < 1.29 is 4.42 Å². The zero-order valence-electron chi connectivity index (χ0n) is 35.2. The van der Waals surface area contributed by atoms with Gasteiger partial charge in [-0.05, 0) is 138 Å². The number of nitrogens with zero attached hydrogens (tertiary/aromatic N) is 1. The Labute approximate surface area is 368 Å². The second-order valence-electron chi connectivity index (χ2n) is 17.3. The summed E-state index contributed by atoms with van der Waals surface area (Å²) in [6, 6.07) is 81.7. The van der Waals surface area contributed by atoms with Gasteiger partial charge in [0.05, 0.1) is 0 Å². The van der Waals surface area contributed by atoms with Gasteiger partial charge < -0.3 is 9.32 Å². The molecule has 0 amide bonds. The van der Waals surface area contributed by atoms with Crippen LogP contribution in [-0.4, -0.2) is 0 Å². The van der Waals surface area contributed by atoms with Gasteiger partial charge >= 0.3 is 0 Å². The highest BCUT2D eigenvalue weighted by molar-refractivity contribution is 6.06. The van der Waals surface area contributed by atoms with Crippen LogP contribution in [0.3, 0.4) is 0 Å². The van der Waals surface area contributed by atoms with Crippen LogP contribution in [0.15, 0.2) is 229 Å². The van der Waals surface area contributed by atoms with Gasteiger partial charge in [0.25, 0.3) is 0 Å². The molecule has 1 aromatic heterocycles. The van der Waals surface area contributed by atoms with Crippen LogP contribution in [0.4, 0.5) is 17.1 Å². The minimum atomic E-state index is -0.177. The van der Waals surface area contributed by atoms with E-state index in [2.05, 4.69) is 231 Å². The number of hydrogen-bond acceptors (Lipinski definition) is 2. The third kappa shape index (κ3) is 6.25. The topological polar surface area (TPSA) is 16.4 Å². The summed E-state index contributed by atoms with van der Waals surface area (Å²) < 4.78 is 6.21. The summed E-state index contributed by atoms with van der Waals surface area (Å²) in [4.78, 5) is 2.41. The largest absolute Gasteiger partial charge is 0.456 e. The zero-order chi connectivity index (χ0) is 42.1. The molecule has 0 bridgehead atoms. The van der Waals surface area contributed by atoms with Gasteiger partial charge in [0, 0.05) is 33.2 Å². The van der Waals surface area contributed by atoms with Crippen LogP contribution in [0.2, 0.25) is 0 Å². The van der Waals surface area contributed by atoms with Gasteiger partial charge in [-0.25, -0.2) is 0 Å². The number of fused-ring (bicyclic) bond motifs is 7. The molecule has 0 fully saturated rings. The Balaban J connectivity index is 0.903. The van der Waals surface area contributed by atoms with Gasteiger partial charge in [-0.1, -0.05) is 178 Å². The van der Waals surface area contributed by atoms with E-state index in [1.165, 1.54) is 66.4 Å². The summed E-state index contributed by atoms with van der Waals surface area (Å²) >= 11 is 0. The molecule has 0 N–H and O–H groups in total. The van der Waals surface area contributed by atoms with Crippen molar-refractivity contribution in [1.82, 2.24) is 0 Å². The average molecular weight is 806 g/mol. The van der Waals surface area contributed by atoms with E-state index in [1.54, 1.807) is 0 Å². The predicted octanol–water partition coefficient (Wildman–Crippen LogP) is 17.2. The van der Waals surface area contributed by atoms with Crippen LogP contribution in [-0.2, 0) is 5.41 Å². The lowest BCUT2D eigenvalue weighted by molar-refractivity contribution is 0.660. The first kappa shape index (κ1) is 36.9. The number of anilines is 3. The second kappa shape index (κ2) is 14.6. The van der Waals surface area contributed by atoms with Crippen LogP contribution in [0.5, 0.6) is 0 Å². The maximum absolute atomic E-state index is 6.21. The monoisotopic (exact) mass is 805 g/mol. The molecule has 0 aliphatic heterocycles. The fourth-order valence-corrected chi connectivity index (χ4v) is 9.95. The molecule has 2 heteroatoms. The highest BCUT2D eigenvalue weighted by Gasteiger charge is 2.36. The molecule has 0 saturated carbocycles. The quantitative estimate of drug-likeness (QED) is 0.160. The van der Waals surface area contributed by atoms with Gasteiger partial charge in [0.2, 0.25) is 0 Å². The van der Waals surface area contributed by atoms with Gasteiger partial charge in [-0.15, -0.1) is 0 Å². The Kier molecular flexibility index (Phi) is 8.55. The van der Waals surface area contributed by atoms with Crippen molar-refractivity contribution >= 4 is 49.8 Å². The SMILES string of the molecule is CC1(C)c2cc(-c3ccccc3)ccc2-c2ccc(N(c3ccc(-c4ccc(-c5ccc6c(c5)oc5ccccc56)cc4)cc3)c3ccc(-c4cccc5ccccc45)cc3)cc21. The summed E-state index contributed by atoms with van der Waals surface area (Å²) in [6.07, 6.45) is 0. The number of benzene rings is 10. The molecule has 11 aromatic rings. The Bertz CT molecular complexity index is 3500. The van der Waals surface area contributed by atoms with Gasteiger partial charge in [0.1, 0.15) is 11.2 Å². The van der Waals surface area contributed by atoms with Crippen LogP contribution >= 0.6 is 0 Å². The smallest absolute Gasteiger partial charge is 0.136 e. The van der Waals surface area contributed by atoms with E-state index in [0.717, 1.165) is 50.1 Å². The maximum atomic E-state index is 6.21. The molecular weight excluding hydrogens is 763 g/mol. The number of hydrogen-bond donors (Lipinski definition) is 0. The van der Waals surface area contributed by atoms with E-state index in [1.807, 2.05) is 12.1 Å². The van der Waals surface area contributed by atoms with Crippen molar-refractivity contribution in [2.45, 2.75) is 19.3 Å². The predicted molar refractivity (Wildman–Crippen MR) is 265 cm³/mol. The van der Waals surface area contributed by atoms with E-state index in [-0.39, 0.29) is 5.41 Å². The minimum Gasteiger partial charge on any atom is -0.456 e. The van der Waals surface area contributed by atoms with Crippen LogP contribution < -0.4 is 4.90 Å². The van der Waals surface area contributed by atoms with Crippen molar-refractivity contribution in [1.29, 1.82) is 0 Å². The van der Waals surface area contributed by atoms with Gasteiger partial charge in [-0.3, -0.25) is 0 Å². The molecule has 0 radical (unpaired) electrons. The molecule has 0 atom stereocenters. The van der Waals surface area contributed by atoms with Crippen molar-refractivity contribution in [2.24, 2.45) is 0 Å². The molecule has 12 rings (SSSR count). The van der Waals surface area contributed by atoms with Crippen molar-refractivity contribution in [3.63, 3.8) is 0 Å². The van der Waals surface area contributed by atoms with E-state index in [9.17, 15) is 0 Å². The number of rotatable bonds is 7. The Morgan fingerprint density at radius 3 is 1.56 bits per heavy atom. The summed E-state index contributed by atoms with van der Waals surface area (Å²) in [5.41, 5.74) is 19.9. The number of para-hydroxylation sites is 1. The normalized spacial score (nSPS) is 12.7. The van der Waals surface area contributed by atoms with Crippen LogP contribution in [0.25, 0.3) is 88.3 Å². The fraction of sp³-hybridized carbons (Fsp3) is 0.0492. The minimum absolute atomic E-state index is 0.177. The summed E-state index contributed by atoms with van der Waals surface area (Å²) in [7, 11) is 0. The zero-order valence-corrected chi connectivity index (χ0v) is 35.2. The molecule has 298 valence electrons. The van der Waals surface area contributed by atoms with Crippen molar-refractivity contribution in [3.8, 4) is 55.6 Å². The highest BCUT2D eigenvalue weighted by atomic mass is 16.3. The van der Waals surface area contributed by atoms with Gasteiger partial charge in [0.15, 0.2) is 0 Å². The standard InChI is InChI=1S/C61H43NO/c1-61(2)57-37-46(40-11-4-3-5-12-40)27-34-53(57)54-36-33-50(39-58(54)61)62(49-31-25-45(26-32-49)52-17-10-14-44-13-6-7-15-51(44)52)48-29-23-42(24-30-48)41-19-21-43(22-20-41)47-28-35-56-55-16-8-9-18-59(55)63-60(56)38-47/h3-39H,1-2H3. The third-order valence-corrected chi connectivity index (χ3v) is 13.3. The van der Waals surface area contributed by atoms with E-state index < -0.39 is 0 Å². The molecule has 1 aliphatic rings. The Morgan fingerprint density at radius 2 is 0.810 bits per heavy atom. The molecule has 1 aliphatic carbocycles. The van der Waals surface area contributed by atoms with Gasteiger partial charge in [-0.2, -0.15) is 0 Å². The molecule has 0 unspecified atom stereocenters. The molecule has 10 aromatic carbocycles. The fourth-order valence-electron chi connectivity index (χ4n) is 9.95. The van der Waals surface area contributed by atoms with Crippen molar-refractivity contribution in [2.75, 3.05) is 4.90 Å². The summed E-state index contributed by atoms with van der Waals surface area (Å²) in [5, 5.41) is 4.80. The lowest BCUT2D eigenvalue weighted by atomic mass is 9.81. The first-order valence-electron chi connectivity index (χ1n) is 21.8. The molecular formula is C61H43NO. The Morgan fingerprint density at radius 1 is 0.317 bits per heavy atom. The molecule has 63 heavy (non-hydrogen) atoms. The molecule has 1 heterocycles. The third-order valence-electron chi connectivity index (χ3n) is 13.3. The second-order valence-corrected chi connectivity index (χ2v) is 17.3. The van der Waals surface area contributed by atoms with Crippen molar-refractivity contribution in [3.05, 3.63) is 236 Å². The van der Waals surface area contributed by atoms with E-state index in [0.29, 0.717) is 0 Å². The first-order chi connectivity index (χ1) is 31.0. The average Bonchev–Trinajstić information content (AvgIpc) is 3.83.